The molecular formula is C12H27NO6. The minimum atomic E-state index is 0. The maximum atomic E-state index is 5.33. The first-order valence-electron chi connectivity index (χ1n) is 6.46. The lowest BCUT2D eigenvalue weighted by Gasteiger charge is -2.09. The molecular weight excluding hydrogens is 254 g/mol. The zero-order valence-electron chi connectivity index (χ0n) is 11.6. The Morgan fingerprint density at radius 1 is 0.263 bits per heavy atom. The molecule has 0 saturated carbocycles. The van der Waals surface area contributed by atoms with Gasteiger partial charge >= 0.3 is 0 Å². The average molecular weight is 281 g/mol. The van der Waals surface area contributed by atoms with Crippen LogP contribution in [0.1, 0.15) is 0 Å². The zero-order valence-corrected chi connectivity index (χ0v) is 11.6. The van der Waals surface area contributed by atoms with Crippen molar-refractivity contribution >= 4 is 0 Å². The van der Waals surface area contributed by atoms with Crippen LogP contribution in [0.25, 0.3) is 0 Å². The molecule has 0 aliphatic carbocycles. The van der Waals surface area contributed by atoms with Crippen LogP contribution < -0.4 is 6.15 Å². The Hall–Kier alpha value is -0.280. The molecule has 7 nitrogen and oxygen atoms in total. The van der Waals surface area contributed by atoms with Gasteiger partial charge in [0.2, 0.25) is 0 Å². The molecule has 0 aromatic carbocycles. The van der Waals surface area contributed by atoms with Gasteiger partial charge in [-0.15, -0.1) is 0 Å². The van der Waals surface area contributed by atoms with Gasteiger partial charge in [0, 0.05) is 0 Å². The zero-order chi connectivity index (χ0) is 12.7. The second-order valence-electron chi connectivity index (χ2n) is 3.67. The van der Waals surface area contributed by atoms with Gasteiger partial charge in [0.25, 0.3) is 0 Å². The van der Waals surface area contributed by atoms with Crippen LogP contribution in [0, 0.1) is 0 Å². The van der Waals surface area contributed by atoms with Crippen molar-refractivity contribution in [3.63, 3.8) is 0 Å². The molecule has 1 aliphatic rings. The largest absolute Gasteiger partial charge is 0.377 e. The summed E-state index contributed by atoms with van der Waals surface area (Å²) in [6, 6.07) is 0. The Morgan fingerprint density at radius 2 is 0.368 bits per heavy atom. The fourth-order valence-corrected chi connectivity index (χ4v) is 1.32. The van der Waals surface area contributed by atoms with Crippen molar-refractivity contribution < 1.29 is 28.4 Å². The topological polar surface area (TPSA) is 90.4 Å². The predicted octanol–water partition coefficient (Wildman–Crippen LogP) is 0.262. The molecule has 19 heavy (non-hydrogen) atoms. The van der Waals surface area contributed by atoms with E-state index in [0.29, 0.717) is 79.3 Å². The van der Waals surface area contributed by atoms with Crippen molar-refractivity contribution in [2.45, 2.75) is 0 Å². The minimum Gasteiger partial charge on any atom is -0.377 e. The Labute approximate surface area is 115 Å². The van der Waals surface area contributed by atoms with Crippen LogP contribution in [0.4, 0.5) is 0 Å². The van der Waals surface area contributed by atoms with Gasteiger partial charge in [-0.25, -0.2) is 0 Å². The molecule has 0 spiro atoms. The van der Waals surface area contributed by atoms with Crippen molar-refractivity contribution in [2.24, 2.45) is 0 Å². The third kappa shape index (κ3) is 13.9. The van der Waals surface area contributed by atoms with Gasteiger partial charge < -0.3 is 34.6 Å². The highest BCUT2D eigenvalue weighted by atomic mass is 16.6. The van der Waals surface area contributed by atoms with Gasteiger partial charge in [0.15, 0.2) is 0 Å². The lowest BCUT2D eigenvalue weighted by molar-refractivity contribution is -0.0334. The fourth-order valence-electron chi connectivity index (χ4n) is 1.32. The smallest absolute Gasteiger partial charge is 0.0701 e. The van der Waals surface area contributed by atoms with Crippen LogP contribution in [-0.2, 0) is 28.4 Å². The van der Waals surface area contributed by atoms with Gasteiger partial charge in [-0.1, -0.05) is 0 Å². The standard InChI is InChI=1S/C12H24O6.H3N/c1-2-14-5-6-16-9-10-18-12-11-17-8-7-15-4-3-13-1;/h1-12H2;1H3. The number of hydrogen-bond acceptors (Lipinski definition) is 7. The molecule has 116 valence electrons. The summed E-state index contributed by atoms with van der Waals surface area (Å²) in [5, 5.41) is 0. The third-order valence-corrected chi connectivity index (χ3v) is 2.23. The lowest BCUT2D eigenvalue weighted by atomic mass is 10.6. The molecule has 0 radical (unpaired) electrons. The molecule has 1 fully saturated rings. The van der Waals surface area contributed by atoms with Gasteiger partial charge in [-0.2, -0.15) is 0 Å². The van der Waals surface area contributed by atoms with Gasteiger partial charge in [-0.3, -0.25) is 0 Å². The van der Waals surface area contributed by atoms with Crippen molar-refractivity contribution in [3.05, 3.63) is 0 Å². The van der Waals surface area contributed by atoms with E-state index in [1.807, 2.05) is 0 Å². The van der Waals surface area contributed by atoms with E-state index in [0.717, 1.165) is 0 Å². The quantitative estimate of drug-likeness (QED) is 0.681. The van der Waals surface area contributed by atoms with Crippen LogP contribution >= 0.6 is 0 Å². The van der Waals surface area contributed by atoms with E-state index >= 15 is 0 Å². The van der Waals surface area contributed by atoms with Crippen LogP contribution in [0.3, 0.4) is 0 Å². The summed E-state index contributed by atoms with van der Waals surface area (Å²) >= 11 is 0. The first-order valence-corrected chi connectivity index (χ1v) is 6.46. The van der Waals surface area contributed by atoms with Crippen molar-refractivity contribution in [1.29, 1.82) is 0 Å². The first-order chi connectivity index (χ1) is 9.00. The van der Waals surface area contributed by atoms with E-state index in [-0.39, 0.29) is 6.15 Å². The summed E-state index contributed by atoms with van der Waals surface area (Å²) in [7, 11) is 0. The summed E-state index contributed by atoms with van der Waals surface area (Å²) in [5.41, 5.74) is 0. The first kappa shape index (κ1) is 18.7. The van der Waals surface area contributed by atoms with Crippen LogP contribution in [0.15, 0.2) is 0 Å². The van der Waals surface area contributed by atoms with E-state index in [9.17, 15) is 0 Å². The Bertz CT molecular complexity index is 97.2. The molecule has 1 saturated heterocycles. The van der Waals surface area contributed by atoms with Crippen molar-refractivity contribution in [1.82, 2.24) is 6.15 Å². The molecule has 1 heterocycles. The lowest BCUT2D eigenvalue weighted by Crippen LogP contribution is -2.16. The maximum Gasteiger partial charge on any atom is 0.0701 e. The summed E-state index contributed by atoms with van der Waals surface area (Å²) in [4.78, 5) is 0. The van der Waals surface area contributed by atoms with Crippen molar-refractivity contribution in [3.8, 4) is 0 Å². The van der Waals surface area contributed by atoms with E-state index in [1.54, 1.807) is 0 Å². The summed E-state index contributed by atoms with van der Waals surface area (Å²) in [6.45, 7) is 7.04. The molecule has 1 aliphatic heterocycles. The maximum absolute atomic E-state index is 5.33. The van der Waals surface area contributed by atoms with Crippen LogP contribution in [0.5, 0.6) is 0 Å². The summed E-state index contributed by atoms with van der Waals surface area (Å²) < 4.78 is 32.0. The highest BCUT2D eigenvalue weighted by molar-refractivity contribution is 4.38. The summed E-state index contributed by atoms with van der Waals surface area (Å²) in [5.74, 6) is 0. The minimum absolute atomic E-state index is 0. The molecule has 0 bridgehead atoms. The highest BCUT2D eigenvalue weighted by Gasteiger charge is 1.95. The van der Waals surface area contributed by atoms with E-state index in [1.165, 1.54) is 0 Å². The molecule has 1 rings (SSSR count). The van der Waals surface area contributed by atoms with Crippen LogP contribution in [-0.4, -0.2) is 79.3 Å². The normalized spacial score (nSPS) is 22.7. The third-order valence-electron chi connectivity index (χ3n) is 2.23. The molecule has 0 aromatic heterocycles. The molecule has 0 aromatic rings. The molecule has 0 amide bonds. The molecule has 0 atom stereocenters. The van der Waals surface area contributed by atoms with E-state index in [4.69, 9.17) is 28.4 Å². The SMILES string of the molecule is C1COCCOCCOCCOCCOCCO1.N. The van der Waals surface area contributed by atoms with Crippen LogP contribution in [0.2, 0.25) is 0 Å². The number of ether oxygens (including phenoxy) is 6. The second-order valence-corrected chi connectivity index (χ2v) is 3.67. The molecule has 7 heteroatoms. The van der Waals surface area contributed by atoms with Gasteiger partial charge in [-0.05, 0) is 0 Å². The summed E-state index contributed by atoms with van der Waals surface area (Å²) in [6.07, 6.45) is 0. The molecule has 3 N–H and O–H groups in total. The monoisotopic (exact) mass is 281 g/mol. The average Bonchev–Trinajstić information content (AvgIpc) is 2.39. The predicted molar refractivity (Wildman–Crippen MR) is 69.9 cm³/mol. The Balaban J connectivity index is 0.00000324. The highest BCUT2D eigenvalue weighted by Crippen LogP contribution is 1.86. The molecule has 0 unspecified atom stereocenters. The number of hydrogen-bond donors (Lipinski definition) is 1. The Kier molecular flexibility index (Phi) is 15.5. The van der Waals surface area contributed by atoms with Gasteiger partial charge in [0.1, 0.15) is 0 Å². The van der Waals surface area contributed by atoms with Gasteiger partial charge in [0.05, 0.1) is 79.3 Å². The number of rotatable bonds is 0. The van der Waals surface area contributed by atoms with E-state index in [2.05, 4.69) is 0 Å². The Morgan fingerprint density at radius 3 is 0.474 bits per heavy atom. The fraction of sp³-hybridized carbons (Fsp3) is 1.00. The van der Waals surface area contributed by atoms with Crippen molar-refractivity contribution in [2.75, 3.05) is 79.3 Å². The van der Waals surface area contributed by atoms with E-state index < -0.39 is 0 Å². The second kappa shape index (κ2) is 15.8.